The van der Waals surface area contributed by atoms with Gasteiger partial charge in [0.15, 0.2) is 11.0 Å². The molecule has 0 bridgehead atoms. The summed E-state index contributed by atoms with van der Waals surface area (Å²) in [4.78, 5) is 16.4. The molecule has 156 valence electrons. The van der Waals surface area contributed by atoms with Gasteiger partial charge in [-0.05, 0) is 48.5 Å². The van der Waals surface area contributed by atoms with Crippen molar-refractivity contribution in [1.82, 2.24) is 19.7 Å². The number of methoxy groups -OCH3 is 1. The summed E-state index contributed by atoms with van der Waals surface area (Å²) in [5.41, 5.74) is 2.17. The molecule has 0 fully saturated rings. The Balaban J connectivity index is 1.60. The molecular formula is C22H18FN5O2S. The fourth-order valence-electron chi connectivity index (χ4n) is 2.89. The molecular weight excluding hydrogens is 417 g/mol. The van der Waals surface area contributed by atoms with E-state index in [1.165, 1.54) is 36.0 Å². The SMILES string of the molecule is COc1cccc(-n2c(SCC(=O)Nc3ccc(F)cc3)nnc2-c2ccncc2)c1. The van der Waals surface area contributed by atoms with Crippen LogP contribution in [0.15, 0.2) is 78.2 Å². The molecule has 7 nitrogen and oxygen atoms in total. The Morgan fingerprint density at radius 1 is 1.10 bits per heavy atom. The predicted molar refractivity (Wildman–Crippen MR) is 117 cm³/mol. The predicted octanol–water partition coefficient (Wildman–Crippen LogP) is 4.21. The molecule has 4 rings (SSSR count). The molecule has 0 radical (unpaired) electrons. The molecule has 0 unspecified atom stereocenters. The summed E-state index contributed by atoms with van der Waals surface area (Å²) in [5, 5.41) is 11.9. The van der Waals surface area contributed by atoms with E-state index in [0.29, 0.717) is 22.4 Å². The molecule has 0 saturated heterocycles. The quantitative estimate of drug-likeness (QED) is 0.438. The smallest absolute Gasteiger partial charge is 0.234 e. The van der Waals surface area contributed by atoms with E-state index < -0.39 is 0 Å². The summed E-state index contributed by atoms with van der Waals surface area (Å²) < 4.78 is 20.3. The van der Waals surface area contributed by atoms with Crippen LogP contribution >= 0.6 is 11.8 Å². The second-order valence-electron chi connectivity index (χ2n) is 6.42. The van der Waals surface area contributed by atoms with E-state index in [1.807, 2.05) is 41.0 Å². The van der Waals surface area contributed by atoms with E-state index in [0.717, 1.165) is 11.3 Å². The molecule has 0 aliphatic carbocycles. The number of thioether (sulfide) groups is 1. The van der Waals surface area contributed by atoms with Gasteiger partial charge < -0.3 is 10.1 Å². The summed E-state index contributed by atoms with van der Waals surface area (Å²) >= 11 is 1.25. The number of pyridine rings is 1. The zero-order chi connectivity index (χ0) is 21.6. The molecule has 0 saturated carbocycles. The Labute approximate surface area is 182 Å². The van der Waals surface area contributed by atoms with Crippen LogP contribution in [0.4, 0.5) is 10.1 Å². The van der Waals surface area contributed by atoms with Gasteiger partial charge in [0.1, 0.15) is 11.6 Å². The van der Waals surface area contributed by atoms with Gasteiger partial charge in [0, 0.05) is 29.7 Å². The zero-order valence-electron chi connectivity index (χ0n) is 16.5. The number of hydrogen-bond acceptors (Lipinski definition) is 6. The summed E-state index contributed by atoms with van der Waals surface area (Å²) in [7, 11) is 1.60. The van der Waals surface area contributed by atoms with E-state index >= 15 is 0 Å². The van der Waals surface area contributed by atoms with Crippen molar-refractivity contribution in [3.05, 3.63) is 78.9 Å². The lowest BCUT2D eigenvalue weighted by Gasteiger charge is -2.11. The van der Waals surface area contributed by atoms with Crippen molar-refractivity contribution in [1.29, 1.82) is 0 Å². The minimum Gasteiger partial charge on any atom is -0.497 e. The van der Waals surface area contributed by atoms with E-state index in [9.17, 15) is 9.18 Å². The van der Waals surface area contributed by atoms with Crippen LogP contribution < -0.4 is 10.1 Å². The lowest BCUT2D eigenvalue weighted by atomic mass is 10.2. The topological polar surface area (TPSA) is 81.9 Å². The van der Waals surface area contributed by atoms with Crippen molar-refractivity contribution >= 4 is 23.4 Å². The summed E-state index contributed by atoms with van der Waals surface area (Å²) in [5.74, 6) is 0.828. The van der Waals surface area contributed by atoms with Crippen LogP contribution in [-0.4, -0.2) is 38.5 Å². The second kappa shape index (κ2) is 9.40. The lowest BCUT2D eigenvalue weighted by Crippen LogP contribution is -2.14. The van der Waals surface area contributed by atoms with E-state index in [2.05, 4.69) is 20.5 Å². The van der Waals surface area contributed by atoms with E-state index in [1.54, 1.807) is 19.5 Å². The van der Waals surface area contributed by atoms with Crippen LogP contribution in [0, 0.1) is 5.82 Å². The van der Waals surface area contributed by atoms with Crippen LogP contribution in [-0.2, 0) is 4.79 Å². The first kappa shape index (κ1) is 20.5. The molecule has 4 aromatic rings. The highest BCUT2D eigenvalue weighted by Gasteiger charge is 2.18. The number of hydrogen-bond donors (Lipinski definition) is 1. The average Bonchev–Trinajstić information content (AvgIpc) is 3.24. The Bertz CT molecular complexity index is 1180. The molecule has 2 aromatic carbocycles. The third-order valence-corrected chi connectivity index (χ3v) is 5.27. The first-order chi connectivity index (χ1) is 15.1. The number of ether oxygens (including phenoxy) is 1. The lowest BCUT2D eigenvalue weighted by molar-refractivity contribution is -0.113. The largest absolute Gasteiger partial charge is 0.497 e. The van der Waals surface area contributed by atoms with Gasteiger partial charge in [0.25, 0.3) is 0 Å². The Hall–Kier alpha value is -3.72. The fourth-order valence-corrected chi connectivity index (χ4v) is 3.65. The fraction of sp³-hybridized carbons (Fsp3) is 0.0909. The number of halogens is 1. The van der Waals surface area contributed by atoms with Crippen LogP contribution in [0.5, 0.6) is 5.75 Å². The summed E-state index contributed by atoms with van der Waals surface area (Å²) in [6.45, 7) is 0. The van der Waals surface area contributed by atoms with Gasteiger partial charge in [-0.2, -0.15) is 0 Å². The van der Waals surface area contributed by atoms with Gasteiger partial charge in [-0.1, -0.05) is 17.8 Å². The van der Waals surface area contributed by atoms with Crippen molar-refractivity contribution in [2.75, 3.05) is 18.2 Å². The molecule has 2 heterocycles. The van der Waals surface area contributed by atoms with Gasteiger partial charge in [-0.25, -0.2) is 4.39 Å². The maximum atomic E-state index is 13.0. The third kappa shape index (κ3) is 4.89. The standard InChI is InChI=1S/C22H18FN5O2S/c1-30-19-4-2-3-18(13-19)28-21(15-9-11-24-12-10-15)26-27-22(28)31-14-20(29)25-17-7-5-16(23)6-8-17/h2-13H,14H2,1H3,(H,25,29). The van der Waals surface area contributed by atoms with Crippen molar-refractivity contribution in [2.45, 2.75) is 5.16 Å². The highest BCUT2D eigenvalue weighted by atomic mass is 32.2. The number of carbonyl (C=O) groups excluding carboxylic acids is 1. The van der Waals surface area contributed by atoms with Crippen LogP contribution in [0.2, 0.25) is 0 Å². The average molecular weight is 435 g/mol. The van der Waals surface area contributed by atoms with E-state index in [4.69, 9.17) is 4.74 Å². The number of anilines is 1. The van der Waals surface area contributed by atoms with Crippen molar-refractivity contribution in [3.63, 3.8) is 0 Å². The highest BCUT2D eigenvalue weighted by Crippen LogP contribution is 2.29. The van der Waals surface area contributed by atoms with Crippen molar-refractivity contribution < 1.29 is 13.9 Å². The molecule has 2 aromatic heterocycles. The molecule has 9 heteroatoms. The molecule has 0 atom stereocenters. The van der Waals surface area contributed by atoms with Gasteiger partial charge in [0.2, 0.25) is 5.91 Å². The van der Waals surface area contributed by atoms with E-state index in [-0.39, 0.29) is 17.5 Å². The van der Waals surface area contributed by atoms with Gasteiger partial charge in [-0.15, -0.1) is 10.2 Å². The van der Waals surface area contributed by atoms with Crippen LogP contribution in [0.25, 0.3) is 17.1 Å². The van der Waals surface area contributed by atoms with Crippen LogP contribution in [0.1, 0.15) is 0 Å². The number of benzene rings is 2. The van der Waals surface area contributed by atoms with Crippen molar-refractivity contribution in [2.24, 2.45) is 0 Å². The van der Waals surface area contributed by atoms with Gasteiger partial charge >= 0.3 is 0 Å². The summed E-state index contributed by atoms with van der Waals surface area (Å²) in [6.07, 6.45) is 3.37. The second-order valence-corrected chi connectivity index (χ2v) is 7.37. The number of rotatable bonds is 7. The monoisotopic (exact) mass is 435 g/mol. The first-order valence-electron chi connectivity index (χ1n) is 9.32. The maximum Gasteiger partial charge on any atom is 0.234 e. The number of nitrogens with zero attached hydrogens (tertiary/aromatic N) is 4. The molecule has 0 aliphatic heterocycles. The highest BCUT2D eigenvalue weighted by molar-refractivity contribution is 7.99. The molecule has 0 spiro atoms. The summed E-state index contributed by atoms with van der Waals surface area (Å²) in [6, 6.07) is 16.8. The van der Waals surface area contributed by atoms with Gasteiger partial charge in [0.05, 0.1) is 18.6 Å². The normalized spacial score (nSPS) is 10.6. The third-order valence-electron chi connectivity index (χ3n) is 4.34. The van der Waals surface area contributed by atoms with Gasteiger partial charge in [-0.3, -0.25) is 14.3 Å². The molecule has 31 heavy (non-hydrogen) atoms. The number of amides is 1. The van der Waals surface area contributed by atoms with Crippen molar-refractivity contribution in [3.8, 4) is 22.8 Å². The minimum atomic E-state index is -0.359. The Morgan fingerprint density at radius 3 is 2.61 bits per heavy atom. The van der Waals surface area contributed by atoms with Crippen LogP contribution in [0.3, 0.4) is 0 Å². The zero-order valence-corrected chi connectivity index (χ0v) is 17.3. The number of nitrogens with one attached hydrogen (secondary N) is 1. The minimum absolute atomic E-state index is 0.107. The number of carbonyl (C=O) groups is 1. The Kier molecular flexibility index (Phi) is 6.23. The Morgan fingerprint density at radius 2 is 1.87 bits per heavy atom. The molecule has 1 N–H and O–H groups in total. The molecule has 0 aliphatic rings. The number of aromatic nitrogens is 4. The molecule has 1 amide bonds. The maximum absolute atomic E-state index is 13.0. The first-order valence-corrected chi connectivity index (χ1v) is 10.3.